The average Bonchev–Trinajstić information content (AvgIpc) is 3.20. The molecule has 2 N–H and O–H groups in total. The highest BCUT2D eigenvalue weighted by molar-refractivity contribution is 5.70. The third-order valence-electron chi connectivity index (χ3n) is 9.20. The standard InChI is InChI=1S/C44H45N7O4/c1-44(2,3)55-43(52)51-23-22-31(41-47-36(29-14-8-6-9-15-29)27-39(49-41)45-32-18-12-20-34(25-32)53-4)24-38(51)42-48-37(30-16-10-7-11-17-30)28-40(50-42)46-33-19-13-21-35(26-33)54-5/h6-21,25-28,31,38H,22-24H2,1-5H3,(H,45,47,49)(H,46,48,50). The number of piperidine rings is 1. The van der Waals surface area contributed by atoms with Crippen molar-refractivity contribution < 1.29 is 19.0 Å². The lowest BCUT2D eigenvalue weighted by atomic mass is 9.89. The maximum atomic E-state index is 14.0. The summed E-state index contributed by atoms with van der Waals surface area (Å²) in [6.45, 7) is 6.00. The Labute approximate surface area is 321 Å². The van der Waals surface area contributed by atoms with Crippen LogP contribution in [0, 0.1) is 0 Å². The van der Waals surface area contributed by atoms with E-state index in [0.29, 0.717) is 54.1 Å². The lowest BCUT2D eigenvalue weighted by molar-refractivity contribution is 0.00623. The van der Waals surface area contributed by atoms with Crippen molar-refractivity contribution >= 4 is 29.1 Å². The number of anilines is 4. The van der Waals surface area contributed by atoms with E-state index in [1.807, 2.05) is 142 Å². The molecule has 280 valence electrons. The van der Waals surface area contributed by atoms with Gasteiger partial charge in [-0.25, -0.2) is 24.7 Å². The lowest BCUT2D eigenvalue weighted by Crippen LogP contribution is -2.44. The Morgan fingerprint density at radius 1 is 0.655 bits per heavy atom. The maximum Gasteiger partial charge on any atom is 0.410 e. The van der Waals surface area contributed by atoms with Gasteiger partial charge in [-0.3, -0.25) is 4.90 Å². The van der Waals surface area contributed by atoms with Crippen LogP contribution in [-0.2, 0) is 4.74 Å². The third-order valence-corrected chi connectivity index (χ3v) is 9.20. The predicted octanol–water partition coefficient (Wildman–Crippen LogP) is 9.96. The van der Waals surface area contributed by atoms with Gasteiger partial charge in [0.05, 0.1) is 31.6 Å². The van der Waals surface area contributed by atoms with Crippen LogP contribution < -0.4 is 20.1 Å². The fourth-order valence-electron chi connectivity index (χ4n) is 6.59. The van der Waals surface area contributed by atoms with Gasteiger partial charge in [-0.15, -0.1) is 0 Å². The molecule has 2 aromatic heterocycles. The van der Waals surface area contributed by atoms with Gasteiger partial charge in [0.1, 0.15) is 34.6 Å². The molecular formula is C44H45N7O4. The van der Waals surface area contributed by atoms with E-state index in [1.165, 1.54) is 0 Å². The first-order valence-corrected chi connectivity index (χ1v) is 18.3. The van der Waals surface area contributed by atoms with Crippen LogP contribution in [-0.4, -0.2) is 57.3 Å². The first kappa shape index (κ1) is 36.9. The summed E-state index contributed by atoms with van der Waals surface area (Å²) in [5.74, 6) is 3.68. The topological polar surface area (TPSA) is 124 Å². The van der Waals surface area contributed by atoms with E-state index in [1.54, 1.807) is 19.1 Å². The Hall–Kier alpha value is -6.49. The molecule has 1 aliphatic heterocycles. The monoisotopic (exact) mass is 735 g/mol. The van der Waals surface area contributed by atoms with Crippen molar-refractivity contribution in [3.8, 4) is 34.0 Å². The van der Waals surface area contributed by atoms with Gasteiger partial charge in [0.2, 0.25) is 0 Å². The van der Waals surface area contributed by atoms with E-state index in [9.17, 15) is 4.79 Å². The molecule has 11 heteroatoms. The van der Waals surface area contributed by atoms with Gasteiger partial charge in [0, 0.05) is 59.2 Å². The zero-order chi connectivity index (χ0) is 38.4. The van der Waals surface area contributed by atoms with Crippen LogP contribution in [0.3, 0.4) is 0 Å². The summed E-state index contributed by atoms with van der Waals surface area (Å²) in [4.78, 5) is 36.1. The minimum absolute atomic E-state index is 0.142. The van der Waals surface area contributed by atoms with E-state index in [2.05, 4.69) is 10.6 Å². The third kappa shape index (κ3) is 9.18. The van der Waals surface area contributed by atoms with Gasteiger partial charge in [0.25, 0.3) is 0 Å². The molecule has 0 saturated carbocycles. The summed E-state index contributed by atoms with van der Waals surface area (Å²) in [5, 5.41) is 6.92. The number of amides is 1. The van der Waals surface area contributed by atoms with Crippen molar-refractivity contribution in [2.24, 2.45) is 0 Å². The summed E-state index contributed by atoms with van der Waals surface area (Å²) in [5.41, 5.74) is 4.33. The van der Waals surface area contributed by atoms with Gasteiger partial charge in [-0.1, -0.05) is 72.8 Å². The van der Waals surface area contributed by atoms with Gasteiger partial charge in [0.15, 0.2) is 5.82 Å². The Kier molecular flexibility index (Phi) is 10.9. The molecule has 55 heavy (non-hydrogen) atoms. The minimum Gasteiger partial charge on any atom is -0.497 e. The van der Waals surface area contributed by atoms with E-state index >= 15 is 0 Å². The highest BCUT2D eigenvalue weighted by Gasteiger charge is 2.39. The summed E-state index contributed by atoms with van der Waals surface area (Å²) in [6.07, 6.45) is 0.651. The van der Waals surface area contributed by atoms with Gasteiger partial charge in [-0.2, -0.15) is 0 Å². The van der Waals surface area contributed by atoms with E-state index in [4.69, 9.17) is 34.1 Å². The van der Waals surface area contributed by atoms with Gasteiger partial charge < -0.3 is 24.8 Å². The molecule has 0 radical (unpaired) electrons. The predicted molar refractivity (Wildman–Crippen MR) is 215 cm³/mol. The molecule has 2 unspecified atom stereocenters. The number of carbonyl (C=O) groups is 1. The number of carbonyl (C=O) groups excluding carboxylic acids is 1. The molecule has 0 aliphatic carbocycles. The maximum absolute atomic E-state index is 14.0. The number of benzene rings is 4. The first-order valence-electron chi connectivity index (χ1n) is 18.3. The van der Waals surface area contributed by atoms with Crippen molar-refractivity contribution in [3.63, 3.8) is 0 Å². The van der Waals surface area contributed by atoms with E-state index in [0.717, 1.165) is 33.9 Å². The highest BCUT2D eigenvalue weighted by Crippen LogP contribution is 2.40. The van der Waals surface area contributed by atoms with Crippen LogP contribution in [0.2, 0.25) is 0 Å². The molecule has 2 atom stereocenters. The minimum atomic E-state index is -0.696. The zero-order valence-corrected chi connectivity index (χ0v) is 31.7. The summed E-state index contributed by atoms with van der Waals surface area (Å²) >= 11 is 0. The second kappa shape index (κ2) is 16.3. The molecule has 7 rings (SSSR count). The molecule has 4 aromatic carbocycles. The van der Waals surface area contributed by atoms with Crippen molar-refractivity contribution in [3.05, 3.63) is 133 Å². The van der Waals surface area contributed by atoms with Crippen LogP contribution in [0.1, 0.15) is 57.2 Å². The number of hydrogen-bond donors (Lipinski definition) is 2. The number of hydrogen-bond acceptors (Lipinski definition) is 10. The Balaban J connectivity index is 1.31. The van der Waals surface area contributed by atoms with E-state index in [-0.39, 0.29) is 5.92 Å². The smallest absolute Gasteiger partial charge is 0.410 e. The molecule has 0 spiro atoms. The number of likely N-dealkylation sites (tertiary alicyclic amines) is 1. The molecule has 1 amide bonds. The second-order valence-corrected chi connectivity index (χ2v) is 14.4. The van der Waals surface area contributed by atoms with Gasteiger partial charge >= 0.3 is 6.09 Å². The molecule has 1 fully saturated rings. The number of aromatic nitrogens is 4. The van der Waals surface area contributed by atoms with Crippen molar-refractivity contribution in [1.82, 2.24) is 24.8 Å². The average molecular weight is 736 g/mol. The fraction of sp³-hybridized carbons (Fsp3) is 0.250. The number of rotatable bonds is 10. The molecule has 3 heterocycles. The Morgan fingerprint density at radius 3 is 1.67 bits per heavy atom. The van der Waals surface area contributed by atoms with Crippen LogP contribution in [0.5, 0.6) is 11.5 Å². The second-order valence-electron chi connectivity index (χ2n) is 14.4. The van der Waals surface area contributed by atoms with E-state index < -0.39 is 17.7 Å². The molecule has 1 saturated heterocycles. The Bertz CT molecular complexity index is 2250. The number of nitrogens with one attached hydrogen (secondary N) is 2. The molecule has 1 aliphatic rings. The summed E-state index contributed by atoms with van der Waals surface area (Å²) in [7, 11) is 3.28. The van der Waals surface area contributed by atoms with Crippen molar-refractivity contribution in [2.75, 3.05) is 31.4 Å². The quantitative estimate of drug-likeness (QED) is 0.141. The van der Waals surface area contributed by atoms with Gasteiger partial charge in [-0.05, 0) is 57.9 Å². The SMILES string of the molecule is COc1cccc(Nc2cc(-c3ccccc3)nc(C3CCN(C(=O)OC(C)(C)C)C(c4nc(Nc5cccc(OC)c5)cc(-c5ccccc5)n4)C3)n2)c1. The normalized spacial score (nSPS) is 15.5. The number of methoxy groups -OCH3 is 2. The fourth-order valence-corrected chi connectivity index (χ4v) is 6.59. The number of ether oxygens (including phenoxy) is 3. The molecule has 0 bridgehead atoms. The Morgan fingerprint density at radius 2 is 1.16 bits per heavy atom. The number of nitrogens with zero attached hydrogens (tertiary/aromatic N) is 5. The van der Waals surface area contributed by atoms with Crippen LogP contribution >= 0.6 is 0 Å². The van der Waals surface area contributed by atoms with Crippen molar-refractivity contribution in [1.29, 1.82) is 0 Å². The lowest BCUT2D eigenvalue weighted by Gasteiger charge is -2.39. The summed E-state index contributed by atoms with van der Waals surface area (Å²) in [6, 6.07) is 38.7. The zero-order valence-electron chi connectivity index (χ0n) is 31.7. The largest absolute Gasteiger partial charge is 0.497 e. The van der Waals surface area contributed by atoms with Crippen LogP contribution in [0.25, 0.3) is 22.5 Å². The van der Waals surface area contributed by atoms with Crippen molar-refractivity contribution in [2.45, 2.75) is 51.2 Å². The van der Waals surface area contributed by atoms with Crippen LogP contribution in [0.15, 0.2) is 121 Å². The summed E-state index contributed by atoms with van der Waals surface area (Å²) < 4.78 is 16.9. The molecular weight excluding hydrogens is 691 g/mol. The molecule has 11 nitrogen and oxygen atoms in total. The highest BCUT2D eigenvalue weighted by atomic mass is 16.6. The molecule has 6 aromatic rings. The first-order chi connectivity index (χ1) is 26.6. The van der Waals surface area contributed by atoms with Crippen LogP contribution in [0.4, 0.5) is 27.8 Å².